The summed E-state index contributed by atoms with van der Waals surface area (Å²) in [5, 5.41) is 3.30. The lowest BCUT2D eigenvalue weighted by Gasteiger charge is -2.38. The summed E-state index contributed by atoms with van der Waals surface area (Å²) < 4.78 is 0. The third kappa shape index (κ3) is 4.32. The highest BCUT2D eigenvalue weighted by Gasteiger charge is 2.25. The van der Waals surface area contributed by atoms with Gasteiger partial charge in [-0.1, -0.05) is 37.3 Å². The van der Waals surface area contributed by atoms with Crippen molar-refractivity contribution in [3.63, 3.8) is 0 Å². The Morgan fingerprint density at radius 3 is 2.40 bits per heavy atom. The second-order valence-electron chi connectivity index (χ2n) is 6.44. The highest BCUT2D eigenvalue weighted by atomic mass is 15.2. The standard InChI is InChI=1S/C18H30N2/c1-15(14-19-3)16(2)20-11-9-18(10-12-20)13-17-7-5-4-6-8-17/h4-8,15-16,18-19H,9-14H2,1-3H3. The van der Waals surface area contributed by atoms with E-state index >= 15 is 0 Å². The Labute approximate surface area is 124 Å². The molecule has 0 radical (unpaired) electrons. The van der Waals surface area contributed by atoms with E-state index in [0.717, 1.165) is 18.4 Å². The quantitative estimate of drug-likeness (QED) is 0.857. The predicted molar refractivity (Wildman–Crippen MR) is 87.0 cm³/mol. The summed E-state index contributed by atoms with van der Waals surface area (Å²) >= 11 is 0. The maximum absolute atomic E-state index is 3.30. The second kappa shape index (κ2) is 7.80. The SMILES string of the molecule is CNCC(C)C(C)N1CCC(Cc2ccccc2)CC1. The van der Waals surface area contributed by atoms with Crippen molar-refractivity contribution in [3.05, 3.63) is 35.9 Å². The largest absolute Gasteiger partial charge is 0.319 e. The van der Waals surface area contributed by atoms with E-state index in [0.29, 0.717) is 6.04 Å². The molecule has 2 rings (SSSR count). The molecule has 2 unspecified atom stereocenters. The van der Waals surface area contributed by atoms with E-state index in [1.807, 2.05) is 0 Å². The minimum atomic E-state index is 0.695. The summed E-state index contributed by atoms with van der Waals surface area (Å²) in [7, 11) is 2.05. The molecule has 1 saturated heterocycles. The van der Waals surface area contributed by atoms with E-state index in [1.165, 1.54) is 37.9 Å². The number of likely N-dealkylation sites (tertiary alicyclic amines) is 1. The normalized spacial score (nSPS) is 20.8. The molecular formula is C18H30N2. The lowest BCUT2D eigenvalue weighted by Crippen LogP contribution is -2.45. The van der Waals surface area contributed by atoms with E-state index in [1.54, 1.807) is 0 Å². The number of benzene rings is 1. The lowest BCUT2D eigenvalue weighted by molar-refractivity contribution is 0.109. The summed E-state index contributed by atoms with van der Waals surface area (Å²) in [6, 6.07) is 11.7. The van der Waals surface area contributed by atoms with Crippen molar-refractivity contribution < 1.29 is 0 Å². The van der Waals surface area contributed by atoms with E-state index in [4.69, 9.17) is 0 Å². The first kappa shape index (κ1) is 15.5. The Bertz CT molecular complexity index is 368. The minimum absolute atomic E-state index is 0.695. The Hall–Kier alpha value is -0.860. The topological polar surface area (TPSA) is 15.3 Å². The second-order valence-corrected chi connectivity index (χ2v) is 6.44. The number of hydrogen-bond donors (Lipinski definition) is 1. The van der Waals surface area contributed by atoms with Gasteiger partial charge >= 0.3 is 0 Å². The fraction of sp³-hybridized carbons (Fsp3) is 0.667. The van der Waals surface area contributed by atoms with E-state index < -0.39 is 0 Å². The van der Waals surface area contributed by atoms with Crippen LogP contribution >= 0.6 is 0 Å². The molecule has 2 heteroatoms. The van der Waals surface area contributed by atoms with Crippen molar-refractivity contribution in [2.45, 2.75) is 39.2 Å². The maximum atomic E-state index is 3.30. The fourth-order valence-corrected chi connectivity index (χ4v) is 3.36. The van der Waals surface area contributed by atoms with E-state index in [2.05, 4.69) is 61.4 Å². The first-order valence-electron chi connectivity index (χ1n) is 8.13. The van der Waals surface area contributed by atoms with Crippen molar-refractivity contribution >= 4 is 0 Å². The molecule has 0 aromatic heterocycles. The molecule has 1 heterocycles. The van der Waals surface area contributed by atoms with Crippen LogP contribution in [-0.2, 0) is 6.42 Å². The molecule has 0 bridgehead atoms. The summed E-state index contributed by atoms with van der Waals surface area (Å²) in [6.45, 7) is 8.40. The van der Waals surface area contributed by atoms with Gasteiger partial charge in [0, 0.05) is 6.04 Å². The van der Waals surface area contributed by atoms with Crippen LogP contribution in [0.3, 0.4) is 0 Å². The molecule has 1 aromatic rings. The number of hydrogen-bond acceptors (Lipinski definition) is 2. The van der Waals surface area contributed by atoms with Crippen molar-refractivity contribution in [2.75, 3.05) is 26.7 Å². The molecule has 0 saturated carbocycles. The molecule has 2 nitrogen and oxygen atoms in total. The van der Waals surface area contributed by atoms with Gasteiger partial charge in [-0.15, -0.1) is 0 Å². The zero-order valence-corrected chi connectivity index (χ0v) is 13.3. The zero-order chi connectivity index (χ0) is 14.4. The van der Waals surface area contributed by atoms with Crippen LogP contribution in [0.4, 0.5) is 0 Å². The van der Waals surface area contributed by atoms with Crippen LogP contribution in [-0.4, -0.2) is 37.6 Å². The van der Waals surface area contributed by atoms with Crippen LogP contribution in [0.5, 0.6) is 0 Å². The van der Waals surface area contributed by atoms with Crippen LogP contribution in [0, 0.1) is 11.8 Å². The van der Waals surface area contributed by atoms with Gasteiger partial charge < -0.3 is 10.2 Å². The monoisotopic (exact) mass is 274 g/mol. The Kier molecular flexibility index (Phi) is 6.06. The number of nitrogens with one attached hydrogen (secondary N) is 1. The molecule has 1 fully saturated rings. The predicted octanol–water partition coefficient (Wildman–Crippen LogP) is 3.19. The van der Waals surface area contributed by atoms with Crippen LogP contribution in [0.25, 0.3) is 0 Å². The summed E-state index contributed by atoms with van der Waals surface area (Å²) in [5.41, 5.74) is 1.50. The third-order valence-corrected chi connectivity index (χ3v) is 4.94. The molecule has 20 heavy (non-hydrogen) atoms. The minimum Gasteiger partial charge on any atom is -0.319 e. The van der Waals surface area contributed by atoms with Gasteiger partial charge in [-0.05, 0) is 70.3 Å². The molecule has 0 amide bonds. The number of rotatable bonds is 6. The molecule has 112 valence electrons. The molecule has 1 aliphatic rings. The lowest BCUT2D eigenvalue weighted by atomic mass is 9.88. The van der Waals surface area contributed by atoms with Gasteiger partial charge in [0.1, 0.15) is 0 Å². The van der Waals surface area contributed by atoms with Crippen LogP contribution < -0.4 is 5.32 Å². The highest BCUT2D eigenvalue weighted by molar-refractivity contribution is 5.15. The summed E-state index contributed by atoms with van der Waals surface area (Å²) in [4.78, 5) is 2.68. The zero-order valence-electron chi connectivity index (χ0n) is 13.3. The van der Waals surface area contributed by atoms with Crippen LogP contribution in [0.15, 0.2) is 30.3 Å². The molecular weight excluding hydrogens is 244 g/mol. The molecule has 2 atom stereocenters. The molecule has 1 aromatic carbocycles. The highest BCUT2D eigenvalue weighted by Crippen LogP contribution is 2.24. The van der Waals surface area contributed by atoms with Crippen LogP contribution in [0.1, 0.15) is 32.3 Å². The van der Waals surface area contributed by atoms with Gasteiger partial charge in [-0.3, -0.25) is 0 Å². The Morgan fingerprint density at radius 1 is 1.15 bits per heavy atom. The molecule has 1 N–H and O–H groups in total. The summed E-state index contributed by atoms with van der Waals surface area (Å²) in [5.74, 6) is 1.60. The maximum Gasteiger partial charge on any atom is 0.0105 e. The fourth-order valence-electron chi connectivity index (χ4n) is 3.36. The van der Waals surface area contributed by atoms with Gasteiger partial charge in [0.25, 0.3) is 0 Å². The first-order valence-corrected chi connectivity index (χ1v) is 8.13. The van der Waals surface area contributed by atoms with Gasteiger partial charge in [-0.2, -0.15) is 0 Å². The van der Waals surface area contributed by atoms with Gasteiger partial charge in [-0.25, -0.2) is 0 Å². The molecule has 1 aliphatic heterocycles. The van der Waals surface area contributed by atoms with Crippen molar-refractivity contribution in [3.8, 4) is 0 Å². The number of piperidine rings is 1. The first-order chi connectivity index (χ1) is 9.70. The molecule has 0 aliphatic carbocycles. The van der Waals surface area contributed by atoms with Gasteiger partial charge in [0.2, 0.25) is 0 Å². The van der Waals surface area contributed by atoms with Crippen molar-refractivity contribution in [1.82, 2.24) is 10.2 Å². The van der Waals surface area contributed by atoms with E-state index in [-0.39, 0.29) is 0 Å². The Balaban J connectivity index is 1.77. The third-order valence-electron chi connectivity index (χ3n) is 4.94. The van der Waals surface area contributed by atoms with Crippen LogP contribution in [0.2, 0.25) is 0 Å². The van der Waals surface area contributed by atoms with Crippen molar-refractivity contribution in [1.29, 1.82) is 0 Å². The smallest absolute Gasteiger partial charge is 0.0105 e. The van der Waals surface area contributed by atoms with Crippen molar-refractivity contribution in [2.24, 2.45) is 11.8 Å². The average molecular weight is 274 g/mol. The van der Waals surface area contributed by atoms with Gasteiger partial charge in [0.15, 0.2) is 0 Å². The summed E-state index contributed by atoms with van der Waals surface area (Å²) in [6.07, 6.45) is 3.96. The Morgan fingerprint density at radius 2 is 1.80 bits per heavy atom. The average Bonchev–Trinajstić information content (AvgIpc) is 2.48. The number of nitrogens with zero attached hydrogens (tertiary/aromatic N) is 1. The van der Waals surface area contributed by atoms with E-state index in [9.17, 15) is 0 Å². The van der Waals surface area contributed by atoms with Gasteiger partial charge in [0.05, 0.1) is 0 Å². The molecule has 0 spiro atoms.